The normalized spacial score (nSPS) is 15.9. The molecule has 0 N–H and O–H groups in total. The summed E-state index contributed by atoms with van der Waals surface area (Å²) in [5, 5.41) is 0. The van der Waals surface area contributed by atoms with Crippen LogP contribution in [0.2, 0.25) is 4.47 Å². The molecule has 20 heavy (non-hydrogen) atoms. The zero-order valence-electron chi connectivity index (χ0n) is 10.7. The smallest absolute Gasteiger partial charge is 0.255 e. The van der Waals surface area contributed by atoms with E-state index in [9.17, 15) is 8.42 Å². The lowest BCUT2D eigenvalue weighted by Crippen LogP contribution is -2.32. The van der Waals surface area contributed by atoms with Crippen molar-refractivity contribution in [2.75, 3.05) is 0 Å². The molecular formula is C12H13ClN2O3S2. The number of sulfonamides is 1. The van der Waals surface area contributed by atoms with Crippen LogP contribution in [0, 0.1) is 6.92 Å². The fourth-order valence-electron chi connectivity index (χ4n) is 2.03. The number of aryl methyl sites for hydroxylation is 1. The van der Waals surface area contributed by atoms with Gasteiger partial charge in [-0.3, -0.25) is 0 Å². The number of hydrogen-bond acceptors (Lipinski definition) is 5. The van der Waals surface area contributed by atoms with Crippen LogP contribution >= 0.6 is 22.9 Å². The van der Waals surface area contributed by atoms with Gasteiger partial charge in [-0.1, -0.05) is 22.9 Å². The molecule has 108 valence electrons. The van der Waals surface area contributed by atoms with Crippen LogP contribution in [0.3, 0.4) is 0 Å². The van der Waals surface area contributed by atoms with Crippen LogP contribution < -0.4 is 0 Å². The maximum Gasteiger partial charge on any atom is 0.255 e. The molecule has 0 unspecified atom stereocenters. The van der Waals surface area contributed by atoms with Gasteiger partial charge in [0, 0.05) is 6.04 Å². The lowest BCUT2D eigenvalue weighted by Gasteiger charge is -2.20. The van der Waals surface area contributed by atoms with Crippen molar-refractivity contribution < 1.29 is 12.8 Å². The van der Waals surface area contributed by atoms with Gasteiger partial charge in [-0.25, -0.2) is 13.4 Å². The molecule has 2 aromatic heterocycles. The third kappa shape index (κ3) is 2.63. The molecule has 0 amide bonds. The molecule has 1 aliphatic carbocycles. The minimum atomic E-state index is -3.58. The Kier molecular flexibility index (Phi) is 3.62. The Morgan fingerprint density at radius 3 is 2.80 bits per heavy atom. The fourth-order valence-corrected chi connectivity index (χ4v) is 5.53. The van der Waals surface area contributed by atoms with Gasteiger partial charge in [0.15, 0.2) is 8.68 Å². The van der Waals surface area contributed by atoms with Crippen LogP contribution in [-0.2, 0) is 16.6 Å². The highest BCUT2D eigenvalue weighted by atomic mass is 35.5. The number of hydrogen-bond donors (Lipinski definition) is 0. The second kappa shape index (κ2) is 5.14. The predicted octanol–water partition coefficient (Wildman–Crippen LogP) is 3.05. The van der Waals surface area contributed by atoms with Crippen molar-refractivity contribution >= 4 is 33.0 Å². The van der Waals surface area contributed by atoms with Crippen LogP contribution in [0.25, 0.3) is 0 Å². The largest absolute Gasteiger partial charge is 0.468 e. The van der Waals surface area contributed by atoms with Gasteiger partial charge in [-0.05, 0) is 31.9 Å². The highest BCUT2D eigenvalue weighted by Crippen LogP contribution is 2.37. The first-order chi connectivity index (χ1) is 9.48. The number of rotatable bonds is 5. The summed E-state index contributed by atoms with van der Waals surface area (Å²) in [4.78, 5) is 3.99. The average molecular weight is 333 g/mol. The Hall–Kier alpha value is -0.890. The summed E-state index contributed by atoms with van der Waals surface area (Å²) in [6.07, 6.45) is 3.30. The van der Waals surface area contributed by atoms with E-state index in [-0.39, 0.29) is 21.3 Å². The Balaban J connectivity index is 1.96. The molecule has 0 aliphatic heterocycles. The molecule has 1 saturated carbocycles. The van der Waals surface area contributed by atoms with Crippen LogP contribution in [0.4, 0.5) is 0 Å². The van der Waals surface area contributed by atoms with E-state index in [1.54, 1.807) is 25.3 Å². The minimum Gasteiger partial charge on any atom is -0.468 e. The second-order valence-electron chi connectivity index (χ2n) is 4.70. The maximum absolute atomic E-state index is 12.8. The highest BCUT2D eigenvalue weighted by Gasteiger charge is 2.40. The van der Waals surface area contributed by atoms with Gasteiger partial charge in [0.05, 0.1) is 18.5 Å². The Morgan fingerprint density at radius 2 is 2.30 bits per heavy atom. The van der Waals surface area contributed by atoms with Gasteiger partial charge in [0.1, 0.15) is 5.76 Å². The van der Waals surface area contributed by atoms with E-state index in [4.69, 9.17) is 16.0 Å². The SMILES string of the molecule is Cc1nc(Cl)sc1S(=O)(=O)N(Cc1ccco1)C1CC1. The molecule has 0 aromatic carbocycles. The van der Waals surface area contributed by atoms with Gasteiger partial charge in [0.25, 0.3) is 10.0 Å². The zero-order chi connectivity index (χ0) is 14.3. The number of thiazole rings is 1. The molecule has 0 radical (unpaired) electrons. The third-order valence-corrected chi connectivity index (χ3v) is 6.86. The van der Waals surface area contributed by atoms with Crippen molar-refractivity contribution in [3.8, 4) is 0 Å². The number of furan rings is 1. The van der Waals surface area contributed by atoms with Crippen LogP contribution in [0.1, 0.15) is 24.3 Å². The zero-order valence-corrected chi connectivity index (χ0v) is 13.1. The Morgan fingerprint density at radius 1 is 1.55 bits per heavy atom. The summed E-state index contributed by atoms with van der Waals surface area (Å²) in [5.41, 5.74) is 0.449. The summed E-state index contributed by atoms with van der Waals surface area (Å²) in [5.74, 6) is 0.633. The molecule has 2 heterocycles. The molecular weight excluding hydrogens is 320 g/mol. The molecule has 1 aliphatic rings. The summed E-state index contributed by atoms with van der Waals surface area (Å²) in [6, 6.07) is 3.57. The topological polar surface area (TPSA) is 63.4 Å². The lowest BCUT2D eigenvalue weighted by atomic mass is 10.4. The first-order valence-corrected chi connectivity index (χ1v) is 8.79. The molecule has 8 heteroatoms. The monoisotopic (exact) mass is 332 g/mol. The van der Waals surface area contributed by atoms with Gasteiger partial charge in [-0.15, -0.1) is 0 Å². The van der Waals surface area contributed by atoms with Crippen molar-refractivity contribution in [1.82, 2.24) is 9.29 Å². The average Bonchev–Trinajstić information content (AvgIpc) is 2.96. The van der Waals surface area contributed by atoms with Crippen molar-refractivity contribution in [1.29, 1.82) is 0 Å². The second-order valence-corrected chi connectivity index (χ2v) is 8.37. The van der Waals surface area contributed by atoms with Gasteiger partial charge < -0.3 is 4.42 Å². The van der Waals surface area contributed by atoms with Crippen LogP contribution in [0.5, 0.6) is 0 Å². The standard InChI is InChI=1S/C12H13ClN2O3S2/c1-8-11(19-12(13)14-8)20(16,17)15(9-4-5-9)7-10-3-2-6-18-10/h2-3,6,9H,4-5,7H2,1H3. The van der Waals surface area contributed by atoms with E-state index in [0.29, 0.717) is 11.5 Å². The van der Waals surface area contributed by atoms with E-state index in [2.05, 4.69) is 4.98 Å². The Labute approximate surface area is 126 Å². The third-order valence-electron chi connectivity index (χ3n) is 3.12. The van der Waals surface area contributed by atoms with Gasteiger partial charge >= 0.3 is 0 Å². The van der Waals surface area contributed by atoms with E-state index < -0.39 is 10.0 Å². The van der Waals surface area contributed by atoms with Crippen molar-refractivity contribution in [2.45, 2.75) is 36.6 Å². The number of halogens is 1. The van der Waals surface area contributed by atoms with Gasteiger partial charge in [0.2, 0.25) is 0 Å². The van der Waals surface area contributed by atoms with E-state index in [0.717, 1.165) is 24.2 Å². The fraction of sp³-hybridized carbons (Fsp3) is 0.417. The van der Waals surface area contributed by atoms with Crippen molar-refractivity contribution in [2.24, 2.45) is 0 Å². The lowest BCUT2D eigenvalue weighted by molar-refractivity contribution is 0.357. The van der Waals surface area contributed by atoms with E-state index in [1.807, 2.05) is 0 Å². The molecule has 0 saturated heterocycles. The van der Waals surface area contributed by atoms with E-state index in [1.165, 1.54) is 4.31 Å². The summed E-state index contributed by atoms with van der Waals surface area (Å²) < 4.78 is 32.8. The predicted molar refractivity (Wildman–Crippen MR) is 76.3 cm³/mol. The summed E-state index contributed by atoms with van der Waals surface area (Å²) in [7, 11) is -3.58. The molecule has 0 bridgehead atoms. The molecule has 0 spiro atoms. The number of aromatic nitrogens is 1. The summed E-state index contributed by atoms with van der Waals surface area (Å²) in [6.45, 7) is 1.90. The molecule has 2 aromatic rings. The molecule has 3 rings (SSSR count). The molecule has 5 nitrogen and oxygen atoms in total. The quantitative estimate of drug-likeness (QED) is 0.844. The van der Waals surface area contributed by atoms with Gasteiger partial charge in [-0.2, -0.15) is 4.31 Å². The maximum atomic E-state index is 12.8. The van der Waals surface area contributed by atoms with Crippen molar-refractivity contribution in [3.05, 3.63) is 34.3 Å². The first kappa shape index (κ1) is 14.1. The highest BCUT2D eigenvalue weighted by molar-refractivity contribution is 7.91. The minimum absolute atomic E-state index is 0.0466. The summed E-state index contributed by atoms with van der Waals surface area (Å²) >= 11 is 6.82. The van der Waals surface area contributed by atoms with Crippen LogP contribution in [0.15, 0.2) is 27.0 Å². The van der Waals surface area contributed by atoms with E-state index >= 15 is 0 Å². The first-order valence-electron chi connectivity index (χ1n) is 6.15. The Bertz CT molecular complexity index is 705. The molecule has 0 atom stereocenters. The number of nitrogens with zero attached hydrogens (tertiary/aromatic N) is 2. The molecule has 1 fully saturated rings. The van der Waals surface area contributed by atoms with Crippen molar-refractivity contribution in [3.63, 3.8) is 0 Å². The van der Waals surface area contributed by atoms with Crippen LogP contribution in [-0.4, -0.2) is 23.7 Å².